The van der Waals surface area contributed by atoms with Gasteiger partial charge in [-0.05, 0) is 49.7 Å². The Morgan fingerprint density at radius 3 is 2.92 bits per heavy atom. The predicted octanol–water partition coefficient (Wildman–Crippen LogP) is 1.05. The third-order valence-electron chi connectivity index (χ3n) is 5.13. The molecule has 1 saturated heterocycles. The summed E-state index contributed by atoms with van der Waals surface area (Å²) in [5, 5.41) is 16.3. The highest BCUT2D eigenvalue weighted by atomic mass is 16.5. The molecule has 136 valence electrons. The van der Waals surface area contributed by atoms with Gasteiger partial charge in [-0.15, -0.1) is 5.10 Å². The van der Waals surface area contributed by atoms with Crippen LogP contribution in [0.4, 0.5) is 0 Å². The van der Waals surface area contributed by atoms with E-state index in [0.717, 1.165) is 44.2 Å². The van der Waals surface area contributed by atoms with Crippen LogP contribution in [0.25, 0.3) is 0 Å². The van der Waals surface area contributed by atoms with Gasteiger partial charge in [0.05, 0.1) is 19.1 Å². The molecule has 9 nitrogen and oxygen atoms in total. The highest BCUT2D eigenvalue weighted by Gasteiger charge is 2.30. The Hall–Kier alpha value is -1.87. The van der Waals surface area contributed by atoms with Gasteiger partial charge in [0, 0.05) is 19.0 Å². The molecule has 3 heterocycles. The molecule has 1 atom stereocenters. The average molecular weight is 346 g/mol. The van der Waals surface area contributed by atoms with Gasteiger partial charge in [0.2, 0.25) is 5.89 Å². The number of aromatic nitrogens is 6. The zero-order valence-electron chi connectivity index (χ0n) is 15.0. The summed E-state index contributed by atoms with van der Waals surface area (Å²) in [6, 6.07) is 1.02. The largest absolute Gasteiger partial charge is 0.339 e. The van der Waals surface area contributed by atoms with Crippen molar-refractivity contribution in [3.05, 3.63) is 17.5 Å². The maximum Gasteiger partial charge on any atom is 0.226 e. The molecule has 0 radical (unpaired) electrons. The van der Waals surface area contributed by atoms with Gasteiger partial charge in [0.1, 0.15) is 0 Å². The summed E-state index contributed by atoms with van der Waals surface area (Å²) < 4.78 is 7.22. The van der Waals surface area contributed by atoms with E-state index in [-0.39, 0.29) is 0 Å². The van der Waals surface area contributed by atoms with Crippen molar-refractivity contribution in [2.24, 2.45) is 0 Å². The Bertz CT molecular complexity index is 694. The van der Waals surface area contributed by atoms with Crippen molar-refractivity contribution in [3.8, 4) is 0 Å². The monoisotopic (exact) mass is 346 g/mol. The Morgan fingerprint density at radius 2 is 2.16 bits per heavy atom. The van der Waals surface area contributed by atoms with E-state index in [1.54, 1.807) is 0 Å². The lowest BCUT2D eigenvalue weighted by atomic mass is 10.0. The fourth-order valence-electron chi connectivity index (χ4n) is 3.50. The number of nitrogens with zero attached hydrogens (tertiary/aromatic N) is 8. The Morgan fingerprint density at radius 1 is 1.28 bits per heavy atom. The lowest BCUT2D eigenvalue weighted by molar-refractivity contribution is 0.102. The van der Waals surface area contributed by atoms with Gasteiger partial charge in [0.15, 0.2) is 11.6 Å². The van der Waals surface area contributed by atoms with E-state index >= 15 is 0 Å². The summed E-state index contributed by atoms with van der Waals surface area (Å²) >= 11 is 0. The minimum Gasteiger partial charge on any atom is -0.339 e. The Balaban J connectivity index is 1.34. The zero-order valence-corrected chi connectivity index (χ0v) is 15.0. The summed E-state index contributed by atoms with van der Waals surface area (Å²) in [6.07, 6.45) is 5.56. The second kappa shape index (κ2) is 7.17. The first-order chi connectivity index (χ1) is 12.2. The van der Waals surface area contributed by atoms with Crippen LogP contribution in [0, 0.1) is 0 Å². The number of aryl methyl sites for hydroxylation is 1. The molecule has 2 aliphatic rings. The maximum absolute atomic E-state index is 5.22. The zero-order chi connectivity index (χ0) is 17.2. The Kier molecular flexibility index (Phi) is 4.76. The molecule has 4 rings (SSSR count). The number of tetrazole rings is 1. The second-order valence-electron chi connectivity index (χ2n) is 7.18. The van der Waals surface area contributed by atoms with Gasteiger partial charge in [0.25, 0.3) is 0 Å². The van der Waals surface area contributed by atoms with Crippen molar-refractivity contribution in [2.45, 2.75) is 64.2 Å². The molecule has 0 aromatic carbocycles. The standard InChI is InChI=1S/C16H26N8O/c1-3-16-17-14(19-25-16)10-23-8-4-5-13(9-23)22(2)11-15-18-20-21-24(15)12-6-7-12/h12-13H,3-11H2,1-2H3/t13-/m0/s1. The number of hydrogen-bond donors (Lipinski definition) is 0. The minimum absolute atomic E-state index is 0.496. The number of rotatable bonds is 7. The molecule has 2 aromatic rings. The van der Waals surface area contributed by atoms with Crippen LogP contribution in [0.5, 0.6) is 0 Å². The van der Waals surface area contributed by atoms with Gasteiger partial charge in [-0.25, -0.2) is 4.68 Å². The topological polar surface area (TPSA) is 89.0 Å². The average Bonchev–Trinajstić information content (AvgIpc) is 3.19. The number of likely N-dealkylation sites (tertiary alicyclic amines) is 1. The summed E-state index contributed by atoms with van der Waals surface area (Å²) in [6.45, 7) is 5.67. The lowest BCUT2D eigenvalue weighted by Gasteiger charge is -2.36. The quantitative estimate of drug-likeness (QED) is 0.735. The van der Waals surface area contributed by atoms with E-state index in [1.165, 1.54) is 25.7 Å². The first-order valence-corrected chi connectivity index (χ1v) is 9.23. The molecule has 0 amide bonds. The molecule has 0 N–H and O–H groups in total. The number of hydrogen-bond acceptors (Lipinski definition) is 8. The van der Waals surface area contributed by atoms with Crippen molar-refractivity contribution >= 4 is 0 Å². The highest BCUT2D eigenvalue weighted by Crippen LogP contribution is 2.34. The first kappa shape index (κ1) is 16.6. The molecule has 2 aromatic heterocycles. The second-order valence-corrected chi connectivity index (χ2v) is 7.18. The van der Waals surface area contributed by atoms with Crippen LogP contribution in [-0.2, 0) is 19.5 Å². The predicted molar refractivity (Wildman–Crippen MR) is 89.5 cm³/mol. The minimum atomic E-state index is 0.496. The van der Waals surface area contributed by atoms with Gasteiger partial charge in [-0.3, -0.25) is 9.80 Å². The summed E-state index contributed by atoms with van der Waals surface area (Å²) in [5.74, 6) is 2.48. The van der Waals surface area contributed by atoms with E-state index in [1.807, 2.05) is 11.6 Å². The summed E-state index contributed by atoms with van der Waals surface area (Å²) in [7, 11) is 2.17. The summed E-state index contributed by atoms with van der Waals surface area (Å²) in [4.78, 5) is 9.22. The first-order valence-electron chi connectivity index (χ1n) is 9.23. The molecule has 0 unspecified atom stereocenters. The SMILES string of the molecule is CCc1nc(CN2CCC[C@H](N(C)Cc3nnnn3C3CC3)C2)no1. The molecule has 9 heteroatoms. The molecular weight excluding hydrogens is 320 g/mol. The third-order valence-corrected chi connectivity index (χ3v) is 5.13. The molecule has 1 aliphatic carbocycles. The normalized spacial score (nSPS) is 22.0. The van der Waals surface area contributed by atoms with Crippen LogP contribution in [0.1, 0.15) is 56.2 Å². The van der Waals surface area contributed by atoms with Crippen LogP contribution in [0.3, 0.4) is 0 Å². The van der Waals surface area contributed by atoms with Crippen molar-refractivity contribution in [2.75, 3.05) is 20.1 Å². The molecule has 0 spiro atoms. The highest BCUT2D eigenvalue weighted by molar-refractivity contribution is 4.92. The van der Waals surface area contributed by atoms with Crippen molar-refractivity contribution in [1.29, 1.82) is 0 Å². The smallest absolute Gasteiger partial charge is 0.226 e. The third kappa shape index (κ3) is 3.87. The van der Waals surface area contributed by atoms with E-state index in [4.69, 9.17) is 4.52 Å². The number of piperidine rings is 1. The maximum atomic E-state index is 5.22. The Labute approximate surface area is 147 Å². The lowest BCUT2D eigenvalue weighted by Crippen LogP contribution is -2.46. The van der Waals surface area contributed by atoms with E-state index < -0.39 is 0 Å². The van der Waals surface area contributed by atoms with Crippen molar-refractivity contribution < 1.29 is 4.52 Å². The van der Waals surface area contributed by atoms with Gasteiger partial charge in [-0.1, -0.05) is 12.1 Å². The van der Waals surface area contributed by atoms with Gasteiger partial charge < -0.3 is 4.52 Å². The van der Waals surface area contributed by atoms with Crippen molar-refractivity contribution in [3.63, 3.8) is 0 Å². The fourth-order valence-corrected chi connectivity index (χ4v) is 3.50. The fraction of sp³-hybridized carbons (Fsp3) is 0.812. The van der Waals surface area contributed by atoms with Crippen LogP contribution in [-0.4, -0.2) is 66.3 Å². The van der Waals surface area contributed by atoms with E-state index in [2.05, 4.69) is 42.5 Å². The van der Waals surface area contributed by atoms with Crippen LogP contribution < -0.4 is 0 Å². The molecular formula is C16H26N8O. The van der Waals surface area contributed by atoms with Crippen molar-refractivity contribution in [1.82, 2.24) is 40.1 Å². The molecule has 0 bridgehead atoms. The molecule has 2 fully saturated rings. The van der Waals surface area contributed by atoms with E-state index in [9.17, 15) is 0 Å². The summed E-state index contributed by atoms with van der Waals surface area (Å²) in [5.41, 5.74) is 0. The van der Waals surface area contributed by atoms with Gasteiger partial charge >= 0.3 is 0 Å². The van der Waals surface area contributed by atoms with E-state index in [0.29, 0.717) is 18.0 Å². The van der Waals surface area contributed by atoms with Crippen LogP contribution in [0.2, 0.25) is 0 Å². The number of likely N-dealkylation sites (N-methyl/N-ethyl adjacent to an activating group) is 1. The van der Waals surface area contributed by atoms with Crippen LogP contribution in [0.15, 0.2) is 4.52 Å². The molecule has 25 heavy (non-hydrogen) atoms. The molecule has 1 saturated carbocycles. The van der Waals surface area contributed by atoms with Crippen LogP contribution >= 0.6 is 0 Å². The van der Waals surface area contributed by atoms with Gasteiger partial charge in [-0.2, -0.15) is 4.98 Å². The molecule has 1 aliphatic heterocycles.